The molecule has 1 saturated heterocycles. The Balaban J connectivity index is 1.40. The van der Waals surface area contributed by atoms with Crippen molar-refractivity contribution in [3.63, 3.8) is 0 Å². The number of hydrogen-bond acceptors (Lipinski definition) is 3. The Morgan fingerprint density at radius 1 is 0.900 bits per heavy atom. The molecule has 3 aromatic rings. The van der Waals surface area contributed by atoms with Crippen LogP contribution in [0.3, 0.4) is 0 Å². The van der Waals surface area contributed by atoms with Crippen molar-refractivity contribution in [3.05, 3.63) is 70.6 Å². The van der Waals surface area contributed by atoms with E-state index in [1.807, 2.05) is 65.8 Å². The summed E-state index contributed by atoms with van der Waals surface area (Å²) in [6.07, 6.45) is 3.19. The second-order valence-corrected chi connectivity index (χ2v) is 8.97. The van der Waals surface area contributed by atoms with Gasteiger partial charge in [0.2, 0.25) is 0 Å². The van der Waals surface area contributed by atoms with Crippen LogP contribution in [0.1, 0.15) is 57.2 Å². The molecule has 0 spiro atoms. The number of H-pyrrole nitrogens is 1. The normalized spacial score (nSPS) is 26.1. The van der Waals surface area contributed by atoms with Gasteiger partial charge in [-0.3, -0.25) is 9.47 Å². The molecule has 156 valence electrons. The van der Waals surface area contributed by atoms with Gasteiger partial charge in [0.05, 0.1) is 17.1 Å². The Kier molecular flexibility index (Phi) is 4.45. The first-order chi connectivity index (χ1) is 14.5. The molecule has 0 bridgehead atoms. The lowest BCUT2D eigenvalue weighted by Crippen LogP contribution is -2.43. The third-order valence-corrected chi connectivity index (χ3v) is 6.66. The first kappa shape index (κ1) is 19.0. The van der Waals surface area contributed by atoms with Crippen LogP contribution in [-0.4, -0.2) is 32.2 Å². The number of aromatic nitrogens is 2. The monoisotopic (exact) mass is 405 g/mol. The van der Waals surface area contributed by atoms with E-state index in [2.05, 4.69) is 17.1 Å². The molecule has 0 unspecified atom stereocenters. The molecule has 2 aromatic carbocycles. The number of carbonyl (C=O) groups excluding carboxylic acids is 1. The minimum absolute atomic E-state index is 0.0523. The average Bonchev–Trinajstić information content (AvgIpc) is 3.20. The molecular weight excluding hydrogens is 378 g/mol. The van der Waals surface area contributed by atoms with Crippen molar-refractivity contribution in [3.8, 4) is 0 Å². The summed E-state index contributed by atoms with van der Waals surface area (Å²) < 4.78 is 7.68. The van der Waals surface area contributed by atoms with E-state index in [-0.39, 0.29) is 29.9 Å². The second-order valence-electron chi connectivity index (χ2n) is 8.97. The fourth-order valence-electron chi connectivity index (χ4n) is 5.36. The highest BCUT2D eigenvalue weighted by Crippen LogP contribution is 2.45. The van der Waals surface area contributed by atoms with Gasteiger partial charge in [-0.25, -0.2) is 9.59 Å². The van der Waals surface area contributed by atoms with Crippen molar-refractivity contribution in [2.24, 2.45) is 0 Å². The van der Waals surface area contributed by atoms with Gasteiger partial charge in [-0.15, -0.1) is 0 Å². The molecule has 0 radical (unpaired) electrons. The van der Waals surface area contributed by atoms with Crippen LogP contribution in [0.15, 0.2) is 59.4 Å². The highest BCUT2D eigenvalue weighted by atomic mass is 16.6. The summed E-state index contributed by atoms with van der Waals surface area (Å²) in [5.74, 6) is 0. The number of imidazole rings is 1. The molecule has 1 aromatic heterocycles. The third kappa shape index (κ3) is 3.02. The molecule has 2 fully saturated rings. The van der Waals surface area contributed by atoms with Gasteiger partial charge in [0.25, 0.3) is 0 Å². The van der Waals surface area contributed by atoms with Crippen molar-refractivity contribution in [1.82, 2.24) is 14.5 Å². The minimum Gasteiger partial charge on any atom is -0.441 e. The maximum Gasteiger partial charge on any atom is 0.411 e. The highest BCUT2D eigenvalue weighted by Gasteiger charge is 2.51. The molecule has 6 heteroatoms. The highest BCUT2D eigenvalue weighted by molar-refractivity contribution is 5.75. The van der Waals surface area contributed by atoms with Gasteiger partial charge in [0.15, 0.2) is 0 Å². The number of para-hydroxylation sites is 2. The maximum atomic E-state index is 12.9. The van der Waals surface area contributed by atoms with Gasteiger partial charge in [-0.2, -0.15) is 0 Å². The number of amides is 1. The summed E-state index contributed by atoms with van der Waals surface area (Å²) in [5.41, 5.74) is 2.29. The van der Waals surface area contributed by atoms with Crippen molar-refractivity contribution in [2.75, 3.05) is 0 Å². The van der Waals surface area contributed by atoms with Gasteiger partial charge in [-0.05, 0) is 57.2 Å². The van der Waals surface area contributed by atoms with Crippen LogP contribution in [0.25, 0.3) is 11.0 Å². The van der Waals surface area contributed by atoms with Gasteiger partial charge >= 0.3 is 11.8 Å². The summed E-state index contributed by atoms with van der Waals surface area (Å²) in [6.45, 7) is 3.97. The van der Waals surface area contributed by atoms with Gasteiger partial charge in [0, 0.05) is 12.1 Å². The van der Waals surface area contributed by atoms with Crippen LogP contribution in [-0.2, 0) is 4.74 Å². The van der Waals surface area contributed by atoms with Gasteiger partial charge in [0.1, 0.15) is 5.60 Å². The molecule has 1 aliphatic carbocycles. The van der Waals surface area contributed by atoms with Crippen LogP contribution in [0.2, 0.25) is 0 Å². The largest absolute Gasteiger partial charge is 0.441 e. The molecule has 1 amide bonds. The van der Waals surface area contributed by atoms with E-state index < -0.39 is 5.60 Å². The first-order valence-corrected chi connectivity index (χ1v) is 10.7. The van der Waals surface area contributed by atoms with Crippen LogP contribution in [0.4, 0.5) is 4.79 Å². The van der Waals surface area contributed by atoms with E-state index in [1.165, 1.54) is 0 Å². The SMILES string of the molecule is CC1(C)OC(=O)N(C2CCC(n3c(=O)[nH]c4ccccc43)CC2)[C@H]1c1ccccc1. The van der Waals surface area contributed by atoms with Crippen LogP contribution >= 0.6 is 0 Å². The molecule has 1 saturated carbocycles. The van der Waals surface area contributed by atoms with E-state index >= 15 is 0 Å². The van der Waals surface area contributed by atoms with E-state index in [0.717, 1.165) is 42.3 Å². The van der Waals surface area contributed by atoms with Crippen LogP contribution in [0, 0.1) is 0 Å². The molecule has 1 atom stereocenters. The fraction of sp³-hybridized carbons (Fsp3) is 0.417. The summed E-state index contributed by atoms with van der Waals surface area (Å²) >= 11 is 0. The second kappa shape index (κ2) is 7.04. The molecule has 5 rings (SSSR count). The van der Waals surface area contributed by atoms with Crippen LogP contribution in [0.5, 0.6) is 0 Å². The van der Waals surface area contributed by atoms with Crippen molar-refractivity contribution < 1.29 is 9.53 Å². The first-order valence-electron chi connectivity index (χ1n) is 10.7. The van der Waals surface area contributed by atoms with Crippen molar-refractivity contribution >= 4 is 17.1 Å². The Hall–Kier alpha value is -3.02. The molecule has 1 aliphatic heterocycles. The Morgan fingerprint density at radius 2 is 1.53 bits per heavy atom. The zero-order chi connectivity index (χ0) is 20.9. The Bertz CT molecular complexity index is 1120. The number of rotatable bonds is 3. The van der Waals surface area contributed by atoms with Crippen molar-refractivity contribution in [2.45, 2.75) is 63.3 Å². The number of cyclic esters (lactones) is 1. The number of ether oxygens (including phenoxy) is 1. The summed E-state index contributed by atoms with van der Waals surface area (Å²) in [7, 11) is 0. The molecule has 30 heavy (non-hydrogen) atoms. The van der Waals surface area contributed by atoms with E-state index in [0.29, 0.717) is 0 Å². The molecule has 6 nitrogen and oxygen atoms in total. The lowest BCUT2D eigenvalue weighted by Gasteiger charge is -2.38. The number of nitrogens with one attached hydrogen (secondary N) is 1. The standard InChI is InChI=1S/C24H27N3O3/c1-24(2)21(16-8-4-3-5-9-16)27(23(29)30-24)18-14-12-17(13-15-18)26-20-11-7-6-10-19(20)25-22(26)28/h3-11,17-18,21H,12-15H2,1-2H3,(H,25,28)/t17?,18?,21-/m0/s1. The van der Waals surface area contributed by atoms with E-state index in [1.54, 1.807) is 0 Å². The number of benzene rings is 2. The lowest BCUT2D eigenvalue weighted by molar-refractivity contribution is 0.0662. The molecular formula is C24H27N3O3. The van der Waals surface area contributed by atoms with Gasteiger partial charge in [-0.1, -0.05) is 42.5 Å². The zero-order valence-electron chi connectivity index (χ0n) is 17.4. The molecule has 2 aliphatic rings. The number of carbonyl (C=O) groups is 1. The Morgan fingerprint density at radius 3 is 2.27 bits per heavy atom. The van der Waals surface area contributed by atoms with E-state index in [9.17, 15) is 9.59 Å². The number of nitrogens with zero attached hydrogens (tertiary/aromatic N) is 2. The average molecular weight is 405 g/mol. The number of aromatic amines is 1. The third-order valence-electron chi connectivity index (χ3n) is 6.66. The maximum absolute atomic E-state index is 12.9. The smallest absolute Gasteiger partial charge is 0.411 e. The topological polar surface area (TPSA) is 67.3 Å². The fourth-order valence-corrected chi connectivity index (χ4v) is 5.36. The predicted octanol–water partition coefficient (Wildman–Crippen LogP) is 4.79. The number of fused-ring (bicyclic) bond motifs is 1. The summed E-state index contributed by atoms with van der Waals surface area (Å²) in [5, 5.41) is 0. The van der Waals surface area contributed by atoms with Crippen LogP contribution < -0.4 is 5.69 Å². The van der Waals surface area contributed by atoms with E-state index in [4.69, 9.17) is 4.74 Å². The quantitative estimate of drug-likeness (QED) is 0.682. The van der Waals surface area contributed by atoms with Gasteiger partial charge < -0.3 is 9.72 Å². The Labute approximate surface area is 175 Å². The summed E-state index contributed by atoms with van der Waals surface area (Å²) in [6, 6.07) is 18.1. The predicted molar refractivity (Wildman–Crippen MR) is 115 cm³/mol. The number of hydrogen-bond donors (Lipinski definition) is 1. The molecule has 1 N–H and O–H groups in total. The van der Waals surface area contributed by atoms with Crippen molar-refractivity contribution in [1.29, 1.82) is 0 Å². The summed E-state index contributed by atoms with van der Waals surface area (Å²) in [4.78, 5) is 30.3. The zero-order valence-corrected chi connectivity index (χ0v) is 17.4. The molecule has 2 heterocycles. The minimum atomic E-state index is -0.580. The lowest BCUT2D eigenvalue weighted by atomic mass is 9.86.